The van der Waals surface area contributed by atoms with Crippen LogP contribution in [-0.2, 0) is 0 Å². The van der Waals surface area contributed by atoms with Crippen molar-refractivity contribution >= 4 is 29.1 Å². The number of nitrogens with two attached hydrogens (primary N) is 1. The van der Waals surface area contributed by atoms with Gasteiger partial charge in [-0.05, 0) is 18.6 Å². The predicted molar refractivity (Wildman–Crippen MR) is 47.5 cm³/mol. The molecule has 0 radical (unpaired) electrons. The quantitative estimate of drug-likeness (QED) is 0.710. The lowest BCUT2D eigenvalue weighted by Gasteiger charge is -2.02. The SMILES string of the molecule is Cc1cc(Cl)nc(Cl)c1C(N)=O. The second kappa shape index (κ2) is 3.29. The molecule has 0 aliphatic carbocycles. The summed E-state index contributed by atoms with van der Waals surface area (Å²) in [5.41, 5.74) is 5.91. The number of amides is 1. The third-order valence-electron chi connectivity index (χ3n) is 1.39. The first-order valence-corrected chi connectivity index (χ1v) is 3.90. The molecule has 0 spiro atoms. The van der Waals surface area contributed by atoms with E-state index in [-0.39, 0.29) is 15.9 Å². The summed E-state index contributed by atoms with van der Waals surface area (Å²) in [6.45, 7) is 1.69. The number of halogens is 2. The lowest BCUT2D eigenvalue weighted by atomic mass is 10.1. The Morgan fingerprint density at radius 3 is 2.58 bits per heavy atom. The molecule has 2 N–H and O–H groups in total. The first-order valence-electron chi connectivity index (χ1n) is 3.15. The molecule has 1 aromatic rings. The third-order valence-corrected chi connectivity index (χ3v) is 1.85. The molecule has 0 saturated carbocycles. The van der Waals surface area contributed by atoms with E-state index in [1.54, 1.807) is 6.92 Å². The highest BCUT2D eigenvalue weighted by atomic mass is 35.5. The van der Waals surface area contributed by atoms with E-state index in [1.807, 2.05) is 0 Å². The molecule has 3 nitrogen and oxygen atoms in total. The van der Waals surface area contributed by atoms with Crippen LogP contribution < -0.4 is 5.73 Å². The molecule has 0 aromatic carbocycles. The lowest BCUT2D eigenvalue weighted by molar-refractivity contribution is 0.0999. The molecule has 0 aliphatic rings. The highest BCUT2D eigenvalue weighted by molar-refractivity contribution is 6.34. The van der Waals surface area contributed by atoms with E-state index in [9.17, 15) is 4.79 Å². The smallest absolute Gasteiger partial charge is 0.252 e. The Kier molecular flexibility index (Phi) is 2.55. The van der Waals surface area contributed by atoms with Crippen molar-refractivity contribution in [1.82, 2.24) is 4.98 Å². The maximum Gasteiger partial charge on any atom is 0.252 e. The van der Waals surface area contributed by atoms with Crippen LogP contribution >= 0.6 is 23.2 Å². The molecule has 1 heterocycles. The molecule has 64 valence electrons. The van der Waals surface area contributed by atoms with Gasteiger partial charge in [0.1, 0.15) is 10.3 Å². The zero-order valence-corrected chi connectivity index (χ0v) is 7.78. The first-order chi connectivity index (χ1) is 5.52. The number of carbonyl (C=O) groups is 1. The van der Waals surface area contributed by atoms with Gasteiger partial charge in [0.15, 0.2) is 0 Å². The van der Waals surface area contributed by atoms with Gasteiger partial charge in [0.2, 0.25) is 0 Å². The van der Waals surface area contributed by atoms with E-state index in [0.717, 1.165) is 0 Å². The van der Waals surface area contributed by atoms with E-state index in [0.29, 0.717) is 5.56 Å². The highest BCUT2D eigenvalue weighted by Crippen LogP contribution is 2.20. The largest absolute Gasteiger partial charge is 0.365 e. The van der Waals surface area contributed by atoms with Crippen LogP contribution in [0.2, 0.25) is 10.3 Å². The van der Waals surface area contributed by atoms with Gasteiger partial charge in [0, 0.05) is 0 Å². The summed E-state index contributed by atoms with van der Waals surface area (Å²) < 4.78 is 0. The van der Waals surface area contributed by atoms with Crippen LogP contribution in [0.25, 0.3) is 0 Å². The van der Waals surface area contributed by atoms with Crippen molar-refractivity contribution < 1.29 is 4.79 Å². The fourth-order valence-corrected chi connectivity index (χ4v) is 1.52. The van der Waals surface area contributed by atoms with Gasteiger partial charge in [0.25, 0.3) is 5.91 Å². The molecular weight excluding hydrogens is 199 g/mol. The number of primary amides is 1. The number of aromatic nitrogens is 1. The van der Waals surface area contributed by atoms with Gasteiger partial charge in [0.05, 0.1) is 5.56 Å². The number of hydrogen-bond donors (Lipinski definition) is 1. The van der Waals surface area contributed by atoms with Gasteiger partial charge in [-0.1, -0.05) is 23.2 Å². The molecule has 12 heavy (non-hydrogen) atoms. The molecule has 0 atom stereocenters. The van der Waals surface area contributed by atoms with E-state index >= 15 is 0 Å². The van der Waals surface area contributed by atoms with Crippen molar-refractivity contribution in [3.63, 3.8) is 0 Å². The zero-order valence-electron chi connectivity index (χ0n) is 6.27. The average Bonchev–Trinajstić information content (AvgIpc) is 1.82. The van der Waals surface area contributed by atoms with Crippen LogP contribution in [-0.4, -0.2) is 10.9 Å². The second-order valence-electron chi connectivity index (χ2n) is 2.29. The minimum Gasteiger partial charge on any atom is -0.365 e. The number of rotatable bonds is 1. The van der Waals surface area contributed by atoms with Gasteiger partial charge in [-0.25, -0.2) is 4.98 Å². The van der Waals surface area contributed by atoms with Crippen LogP contribution in [0.3, 0.4) is 0 Å². The molecular formula is C7H6Cl2N2O. The van der Waals surface area contributed by atoms with Gasteiger partial charge in [-0.3, -0.25) is 4.79 Å². The zero-order chi connectivity index (χ0) is 9.30. The van der Waals surface area contributed by atoms with Crippen molar-refractivity contribution in [1.29, 1.82) is 0 Å². The molecule has 0 saturated heterocycles. The van der Waals surface area contributed by atoms with Crippen molar-refractivity contribution in [3.8, 4) is 0 Å². The molecule has 0 unspecified atom stereocenters. The van der Waals surface area contributed by atoms with Crippen LogP contribution in [0.4, 0.5) is 0 Å². The normalized spacial score (nSPS) is 9.92. The number of pyridine rings is 1. The molecule has 1 amide bonds. The van der Waals surface area contributed by atoms with Gasteiger partial charge >= 0.3 is 0 Å². The molecule has 0 fully saturated rings. The number of hydrogen-bond acceptors (Lipinski definition) is 2. The minimum absolute atomic E-state index is 0.0486. The van der Waals surface area contributed by atoms with Crippen molar-refractivity contribution in [2.75, 3.05) is 0 Å². The van der Waals surface area contributed by atoms with Crippen molar-refractivity contribution in [2.45, 2.75) is 6.92 Å². The van der Waals surface area contributed by atoms with Crippen LogP contribution in [0.15, 0.2) is 6.07 Å². The number of carbonyl (C=O) groups excluding carboxylic acids is 1. The Hall–Kier alpha value is -0.800. The van der Waals surface area contributed by atoms with E-state index in [2.05, 4.69) is 4.98 Å². The Morgan fingerprint density at radius 1 is 1.58 bits per heavy atom. The van der Waals surface area contributed by atoms with E-state index < -0.39 is 5.91 Å². The maximum atomic E-state index is 10.8. The van der Waals surface area contributed by atoms with Crippen molar-refractivity contribution in [3.05, 3.63) is 27.5 Å². The topological polar surface area (TPSA) is 56.0 Å². The summed E-state index contributed by atoms with van der Waals surface area (Å²) in [5.74, 6) is -0.596. The van der Waals surface area contributed by atoms with Crippen molar-refractivity contribution in [2.24, 2.45) is 5.73 Å². The van der Waals surface area contributed by atoms with Crippen LogP contribution in [0, 0.1) is 6.92 Å². The Bertz CT molecular complexity index is 315. The molecule has 0 aliphatic heterocycles. The fraction of sp³-hybridized carbons (Fsp3) is 0.143. The summed E-state index contributed by atoms with van der Waals surface area (Å²) in [5, 5.41) is 0.301. The van der Waals surface area contributed by atoms with Gasteiger partial charge in [-0.2, -0.15) is 0 Å². The monoisotopic (exact) mass is 204 g/mol. The Labute approximate surface area is 79.5 Å². The predicted octanol–water partition coefficient (Wildman–Crippen LogP) is 1.80. The highest BCUT2D eigenvalue weighted by Gasteiger charge is 2.11. The number of nitrogens with zero attached hydrogens (tertiary/aromatic N) is 1. The second-order valence-corrected chi connectivity index (χ2v) is 3.04. The minimum atomic E-state index is -0.596. The first kappa shape index (κ1) is 9.29. The summed E-state index contributed by atoms with van der Waals surface area (Å²) >= 11 is 11.2. The summed E-state index contributed by atoms with van der Waals surface area (Å²) in [7, 11) is 0. The lowest BCUT2D eigenvalue weighted by Crippen LogP contribution is -2.14. The average molecular weight is 205 g/mol. The standard InChI is InChI=1S/C7H6Cl2N2O/c1-3-2-4(8)11-6(9)5(3)7(10)12/h2H,1H3,(H2,10,12). The van der Waals surface area contributed by atoms with Gasteiger partial charge < -0.3 is 5.73 Å². The van der Waals surface area contributed by atoms with Crippen LogP contribution in [0.1, 0.15) is 15.9 Å². The summed E-state index contributed by atoms with van der Waals surface area (Å²) in [6, 6.07) is 1.54. The van der Waals surface area contributed by atoms with Gasteiger partial charge in [-0.15, -0.1) is 0 Å². The Balaban J connectivity index is 3.38. The number of aryl methyl sites for hydroxylation is 1. The molecule has 5 heteroatoms. The van der Waals surface area contributed by atoms with E-state index in [1.165, 1.54) is 6.07 Å². The molecule has 1 rings (SSSR count). The fourth-order valence-electron chi connectivity index (χ4n) is 0.891. The van der Waals surface area contributed by atoms with Crippen LogP contribution in [0.5, 0.6) is 0 Å². The Morgan fingerprint density at radius 2 is 2.17 bits per heavy atom. The van der Waals surface area contributed by atoms with E-state index in [4.69, 9.17) is 28.9 Å². The molecule has 0 bridgehead atoms. The molecule has 1 aromatic heterocycles. The summed E-state index contributed by atoms with van der Waals surface area (Å²) in [4.78, 5) is 14.5. The summed E-state index contributed by atoms with van der Waals surface area (Å²) in [6.07, 6.45) is 0. The maximum absolute atomic E-state index is 10.8. The third kappa shape index (κ3) is 1.68.